The van der Waals surface area contributed by atoms with Crippen LogP contribution in [-0.4, -0.2) is 36.8 Å². The van der Waals surface area contributed by atoms with Crippen molar-refractivity contribution in [1.29, 1.82) is 0 Å². The molecule has 0 aromatic heterocycles. The quantitative estimate of drug-likeness (QED) is 0.715. The smallest absolute Gasteiger partial charge is 0.408 e. The van der Waals surface area contributed by atoms with Crippen LogP contribution in [0.25, 0.3) is 0 Å². The Labute approximate surface area is 176 Å². The number of nitrogens with one attached hydrogen (secondary N) is 1. The van der Waals surface area contributed by atoms with E-state index in [0.29, 0.717) is 18.0 Å². The van der Waals surface area contributed by atoms with Crippen LogP contribution >= 0.6 is 0 Å². The number of carbonyl (C=O) groups excluding carboxylic acids is 2. The summed E-state index contributed by atoms with van der Waals surface area (Å²) in [5.41, 5.74) is 1.81. The molecule has 1 heterocycles. The molecule has 0 radical (unpaired) electrons. The molecule has 30 heavy (non-hydrogen) atoms. The highest BCUT2D eigenvalue weighted by atomic mass is 16.7. The van der Waals surface area contributed by atoms with Crippen molar-refractivity contribution < 1.29 is 23.8 Å². The molecule has 2 aromatic rings. The van der Waals surface area contributed by atoms with Gasteiger partial charge in [-0.3, -0.25) is 4.79 Å². The van der Waals surface area contributed by atoms with Gasteiger partial charge in [0.25, 0.3) is 0 Å². The third-order valence-electron chi connectivity index (χ3n) is 5.20. The van der Waals surface area contributed by atoms with Gasteiger partial charge in [0.1, 0.15) is 12.6 Å². The van der Waals surface area contributed by atoms with Crippen LogP contribution in [0.5, 0.6) is 11.5 Å². The Hall–Kier alpha value is -3.22. The van der Waals surface area contributed by atoms with Crippen LogP contribution in [0, 0.1) is 5.92 Å². The zero-order chi connectivity index (χ0) is 21.5. The molecule has 2 aromatic carbocycles. The van der Waals surface area contributed by atoms with Crippen molar-refractivity contribution in [3.63, 3.8) is 0 Å². The highest BCUT2D eigenvalue weighted by Crippen LogP contribution is 2.32. The number of hydrogen-bond acceptors (Lipinski definition) is 5. The normalized spacial score (nSPS) is 14.0. The van der Waals surface area contributed by atoms with E-state index in [1.165, 1.54) is 0 Å². The number of ether oxygens (including phenoxy) is 3. The van der Waals surface area contributed by atoms with E-state index in [2.05, 4.69) is 5.32 Å². The first-order chi connectivity index (χ1) is 14.5. The van der Waals surface area contributed by atoms with Crippen molar-refractivity contribution in [2.75, 3.05) is 13.8 Å². The number of amides is 2. The van der Waals surface area contributed by atoms with Crippen LogP contribution in [0.15, 0.2) is 48.5 Å². The standard InChI is InChI=1S/C23H28N2O5/c1-4-16(2)21(24-23(27)28-14-17-8-6-5-7-9-17)22(26)25(3)13-18-10-11-19-20(12-18)30-15-29-19/h5-12,16,21H,4,13-15H2,1-3H3,(H,24,27). The Balaban J connectivity index is 1.60. The number of carbonyl (C=O) groups is 2. The zero-order valence-corrected chi connectivity index (χ0v) is 17.6. The van der Waals surface area contributed by atoms with Crippen molar-refractivity contribution >= 4 is 12.0 Å². The maximum atomic E-state index is 13.1. The molecular weight excluding hydrogens is 384 g/mol. The van der Waals surface area contributed by atoms with Crippen molar-refractivity contribution in [3.05, 3.63) is 59.7 Å². The maximum absolute atomic E-state index is 13.1. The molecular formula is C23H28N2O5. The number of likely N-dealkylation sites (N-methyl/N-ethyl adjacent to an activating group) is 1. The van der Waals surface area contributed by atoms with Gasteiger partial charge < -0.3 is 24.4 Å². The second kappa shape index (κ2) is 10.0. The summed E-state index contributed by atoms with van der Waals surface area (Å²) in [5, 5.41) is 2.75. The monoisotopic (exact) mass is 412 g/mol. The molecule has 1 aliphatic rings. The van der Waals surface area contributed by atoms with Crippen LogP contribution in [-0.2, 0) is 22.7 Å². The minimum Gasteiger partial charge on any atom is -0.454 e. The van der Waals surface area contributed by atoms with E-state index in [1.807, 2.05) is 62.4 Å². The third kappa shape index (κ3) is 5.43. The minimum absolute atomic E-state index is 0.0408. The summed E-state index contributed by atoms with van der Waals surface area (Å²) in [6.45, 7) is 4.68. The summed E-state index contributed by atoms with van der Waals surface area (Å²) >= 11 is 0. The van der Waals surface area contributed by atoms with Crippen molar-refractivity contribution in [2.45, 2.75) is 39.5 Å². The minimum atomic E-state index is -0.669. The second-order valence-electron chi connectivity index (χ2n) is 7.45. The molecule has 0 aliphatic carbocycles. The highest BCUT2D eigenvalue weighted by Gasteiger charge is 2.29. The van der Waals surface area contributed by atoms with Gasteiger partial charge in [-0.25, -0.2) is 4.79 Å². The molecule has 2 atom stereocenters. The molecule has 7 heteroatoms. The molecule has 2 unspecified atom stereocenters. The fourth-order valence-electron chi connectivity index (χ4n) is 3.20. The third-order valence-corrected chi connectivity index (χ3v) is 5.20. The molecule has 160 valence electrons. The van der Waals surface area contributed by atoms with E-state index in [1.54, 1.807) is 11.9 Å². The molecule has 0 saturated heterocycles. The number of rotatable bonds is 8. The van der Waals surface area contributed by atoms with E-state index in [9.17, 15) is 9.59 Å². The molecule has 0 spiro atoms. The lowest BCUT2D eigenvalue weighted by Gasteiger charge is -2.28. The van der Waals surface area contributed by atoms with Crippen molar-refractivity contribution in [3.8, 4) is 11.5 Å². The Morgan fingerprint density at radius 2 is 1.83 bits per heavy atom. The van der Waals surface area contributed by atoms with Gasteiger partial charge in [-0.2, -0.15) is 0 Å². The average molecular weight is 412 g/mol. The van der Waals surface area contributed by atoms with Gasteiger partial charge in [-0.05, 0) is 29.2 Å². The van der Waals surface area contributed by atoms with Crippen molar-refractivity contribution in [2.24, 2.45) is 5.92 Å². The summed E-state index contributed by atoms with van der Waals surface area (Å²) in [4.78, 5) is 27.0. The molecule has 3 rings (SSSR count). The summed E-state index contributed by atoms with van der Waals surface area (Å²) in [5.74, 6) is 1.17. The SMILES string of the molecule is CCC(C)C(NC(=O)OCc1ccccc1)C(=O)N(C)Cc1ccc2c(c1)OCO2. The lowest BCUT2D eigenvalue weighted by molar-refractivity contribution is -0.133. The molecule has 0 fully saturated rings. The number of fused-ring (bicyclic) bond motifs is 1. The number of benzene rings is 2. The van der Waals surface area contributed by atoms with Gasteiger partial charge in [-0.15, -0.1) is 0 Å². The van der Waals surface area contributed by atoms with Crippen LogP contribution in [0.2, 0.25) is 0 Å². The Bertz CT molecular complexity index is 871. The van der Waals surface area contributed by atoms with Gasteiger partial charge >= 0.3 is 6.09 Å². The summed E-state index contributed by atoms with van der Waals surface area (Å²) in [6.07, 6.45) is 0.140. The fourth-order valence-corrected chi connectivity index (χ4v) is 3.20. The van der Waals surface area contributed by atoms with E-state index in [4.69, 9.17) is 14.2 Å². The van der Waals surface area contributed by atoms with E-state index < -0.39 is 12.1 Å². The molecule has 7 nitrogen and oxygen atoms in total. The van der Waals surface area contributed by atoms with Gasteiger partial charge in [-0.1, -0.05) is 56.7 Å². The predicted molar refractivity (Wildman–Crippen MR) is 112 cm³/mol. The Morgan fingerprint density at radius 1 is 1.10 bits per heavy atom. The molecule has 0 bridgehead atoms. The second-order valence-corrected chi connectivity index (χ2v) is 7.45. The number of alkyl carbamates (subject to hydrolysis) is 1. The maximum Gasteiger partial charge on any atom is 0.408 e. The van der Waals surface area contributed by atoms with Crippen molar-refractivity contribution in [1.82, 2.24) is 10.2 Å². The first-order valence-corrected chi connectivity index (χ1v) is 10.1. The Kier molecular flexibility index (Phi) is 7.17. The molecule has 1 N–H and O–H groups in total. The van der Waals surface area contributed by atoms with Crippen LogP contribution in [0.1, 0.15) is 31.4 Å². The lowest BCUT2D eigenvalue weighted by Crippen LogP contribution is -2.50. The first-order valence-electron chi connectivity index (χ1n) is 10.1. The molecule has 2 amide bonds. The van der Waals surface area contributed by atoms with Crippen LogP contribution in [0.3, 0.4) is 0 Å². The summed E-state index contributed by atoms with van der Waals surface area (Å²) < 4.78 is 16.0. The van der Waals surface area contributed by atoms with Gasteiger partial charge in [0.05, 0.1) is 0 Å². The average Bonchev–Trinajstić information content (AvgIpc) is 3.23. The number of hydrogen-bond donors (Lipinski definition) is 1. The van der Waals surface area contributed by atoms with E-state index >= 15 is 0 Å². The summed E-state index contributed by atoms with van der Waals surface area (Å²) in [7, 11) is 1.72. The van der Waals surface area contributed by atoms with E-state index in [-0.39, 0.29) is 25.2 Å². The lowest BCUT2D eigenvalue weighted by atomic mass is 9.98. The van der Waals surface area contributed by atoms with Crippen LogP contribution < -0.4 is 14.8 Å². The predicted octanol–water partition coefficient (Wildman–Crippen LogP) is 3.71. The zero-order valence-electron chi connectivity index (χ0n) is 17.6. The summed E-state index contributed by atoms with van der Waals surface area (Å²) in [6, 6.07) is 14.4. The van der Waals surface area contributed by atoms with Gasteiger partial charge in [0.15, 0.2) is 11.5 Å². The first kappa shape index (κ1) is 21.5. The van der Waals surface area contributed by atoms with Gasteiger partial charge in [0.2, 0.25) is 12.7 Å². The molecule has 0 saturated carbocycles. The van der Waals surface area contributed by atoms with E-state index in [0.717, 1.165) is 17.5 Å². The van der Waals surface area contributed by atoms with Gasteiger partial charge in [0, 0.05) is 13.6 Å². The largest absolute Gasteiger partial charge is 0.454 e. The molecule has 1 aliphatic heterocycles. The fraction of sp³-hybridized carbons (Fsp3) is 0.391. The number of nitrogens with zero attached hydrogens (tertiary/aromatic N) is 1. The Morgan fingerprint density at radius 3 is 2.57 bits per heavy atom. The highest BCUT2D eigenvalue weighted by molar-refractivity contribution is 5.85. The topological polar surface area (TPSA) is 77.1 Å². The van der Waals surface area contributed by atoms with Crippen LogP contribution in [0.4, 0.5) is 4.79 Å².